The van der Waals surface area contributed by atoms with Gasteiger partial charge >= 0.3 is 6.03 Å². The number of benzene rings is 1. The van der Waals surface area contributed by atoms with Crippen molar-refractivity contribution in [3.63, 3.8) is 0 Å². The first-order chi connectivity index (χ1) is 15.5. The summed E-state index contributed by atoms with van der Waals surface area (Å²) in [7, 11) is -0.717. The fourth-order valence-electron chi connectivity index (χ4n) is 3.44. The van der Waals surface area contributed by atoms with Crippen molar-refractivity contribution in [3.05, 3.63) is 23.8 Å². The van der Waals surface area contributed by atoms with E-state index >= 15 is 0 Å². The molecule has 1 aliphatic rings. The smallest absolute Gasteiger partial charge is 0.317 e. The summed E-state index contributed by atoms with van der Waals surface area (Å²) in [6.07, 6.45) is -0.488. The van der Waals surface area contributed by atoms with E-state index < -0.39 is 22.2 Å². The van der Waals surface area contributed by atoms with Gasteiger partial charge in [0, 0.05) is 44.3 Å². The predicted octanol–water partition coefficient (Wildman–Crippen LogP) is 1.50. The fourth-order valence-corrected chi connectivity index (χ4v) is 5.27. The van der Waals surface area contributed by atoms with E-state index in [2.05, 4.69) is 17.2 Å². The number of carbonyl (C=O) groups excluding carboxylic acids is 1. The molecule has 0 aromatic heterocycles. The van der Waals surface area contributed by atoms with Crippen molar-refractivity contribution in [1.29, 1.82) is 0 Å². The van der Waals surface area contributed by atoms with E-state index in [0.717, 1.165) is 0 Å². The highest BCUT2D eigenvalue weighted by molar-refractivity contribution is 7.89. The van der Waals surface area contributed by atoms with Crippen LogP contribution in [0.3, 0.4) is 0 Å². The van der Waals surface area contributed by atoms with Crippen LogP contribution in [0.4, 0.5) is 4.79 Å². The third-order valence-electron chi connectivity index (χ3n) is 5.33. The summed E-state index contributed by atoms with van der Waals surface area (Å²) in [6, 6.07) is 3.81. The quantitative estimate of drug-likeness (QED) is 0.596. The van der Waals surface area contributed by atoms with Gasteiger partial charge in [-0.25, -0.2) is 13.2 Å². The van der Waals surface area contributed by atoms with Gasteiger partial charge in [-0.2, -0.15) is 4.31 Å². The minimum Gasteiger partial charge on any atom is -0.487 e. The molecule has 1 heterocycles. The van der Waals surface area contributed by atoms with Gasteiger partial charge in [0.1, 0.15) is 23.4 Å². The number of nitrogens with one attached hydrogen (secondary N) is 1. The molecule has 0 saturated heterocycles. The second kappa shape index (κ2) is 11.7. The molecule has 2 amide bonds. The van der Waals surface area contributed by atoms with Crippen LogP contribution in [0.5, 0.6) is 5.75 Å². The zero-order valence-corrected chi connectivity index (χ0v) is 21.0. The predicted molar refractivity (Wildman–Crippen MR) is 126 cm³/mol. The molecule has 3 atom stereocenters. The highest BCUT2D eigenvalue weighted by Gasteiger charge is 2.38. The Morgan fingerprint density at radius 3 is 2.70 bits per heavy atom. The van der Waals surface area contributed by atoms with Crippen molar-refractivity contribution in [2.75, 3.05) is 40.5 Å². The standard InChI is InChI=1S/C23H35N3O6S/c1-16(2)24-23(28)25(5)14-21-17(3)13-26(18(4)15-27)33(29,30)22-10-9-19(8-7-11-31-6)12-20(22)32-21/h9-10,12,16-18,21,27H,11,13-15H2,1-6H3,(H,24,28)/t17-,18+,21-/m1/s1. The minimum atomic E-state index is -3.93. The van der Waals surface area contributed by atoms with Crippen LogP contribution in [0.25, 0.3) is 0 Å². The molecular formula is C23H35N3O6S. The van der Waals surface area contributed by atoms with Crippen molar-refractivity contribution < 1.29 is 27.8 Å². The molecule has 0 fully saturated rings. The van der Waals surface area contributed by atoms with Gasteiger partial charge in [-0.1, -0.05) is 18.8 Å². The van der Waals surface area contributed by atoms with Gasteiger partial charge in [0.2, 0.25) is 10.0 Å². The molecule has 1 aliphatic heterocycles. The highest BCUT2D eigenvalue weighted by atomic mass is 32.2. The van der Waals surface area contributed by atoms with E-state index in [9.17, 15) is 18.3 Å². The van der Waals surface area contributed by atoms with Gasteiger partial charge in [0.15, 0.2) is 0 Å². The van der Waals surface area contributed by atoms with Crippen molar-refractivity contribution in [1.82, 2.24) is 14.5 Å². The summed E-state index contributed by atoms with van der Waals surface area (Å²) in [4.78, 5) is 14.0. The molecule has 33 heavy (non-hydrogen) atoms. The molecule has 10 heteroatoms. The first-order valence-corrected chi connectivity index (χ1v) is 12.4. The van der Waals surface area contributed by atoms with Crippen molar-refractivity contribution in [3.8, 4) is 17.6 Å². The lowest BCUT2D eigenvalue weighted by Crippen LogP contribution is -2.51. The molecule has 9 nitrogen and oxygen atoms in total. The molecule has 0 unspecified atom stereocenters. The van der Waals surface area contributed by atoms with Crippen LogP contribution < -0.4 is 10.1 Å². The number of urea groups is 1. The zero-order chi connectivity index (χ0) is 24.8. The van der Waals surface area contributed by atoms with Gasteiger partial charge in [0.05, 0.1) is 13.2 Å². The first kappa shape index (κ1) is 26.9. The molecule has 1 aromatic carbocycles. The number of hydrogen-bond donors (Lipinski definition) is 2. The Kier molecular flexibility index (Phi) is 9.55. The number of carbonyl (C=O) groups is 1. The van der Waals surface area contributed by atoms with E-state index in [1.807, 2.05) is 20.8 Å². The number of ether oxygens (including phenoxy) is 2. The van der Waals surface area contributed by atoms with E-state index in [4.69, 9.17) is 9.47 Å². The number of amides is 2. The van der Waals surface area contributed by atoms with Crippen LogP contribution in [-0.2, 0) is 14.8 Å². The van der Waals surface area contributed by atoms with Crippen LogP contribution in [0, 0.1) is 17.8 Å². The lowest BCUT2D eigenvalue weighted by Gasteiger charge is -2.37. The number of aliphatic hydroxyl groups excluding tert-OH is 1. The van der Waals surface area contributed by atoms with Crippen LogP contribution in [0.2, 0.25) is 0 Å². The van der Waals surface area contributed by atoms with Crippen molar-refractivity contribution >= 4 is 16.1 Å². The molecule has 0 aliphatic carbocycles. The molecule has 0 saturated carbocycles. The van der Waals surface area contributed by atoms with Crippen LogP contribution in [0.1, 0.15) is 33.3 Å². The Balaban J connectivity index is 2.50. The van der Waals surface area contributed by atoms with Crippen LogP contribution >= 0.6 is 0 Å². The zero-order valence-electron chi connectivity index (χ0n) is 20.2. The van der Waals surface area contributed by atoms with Crippen molar-refractivity contribution in [2.45, 2.75) is 50.8 Å². The van der Waals surface area contributed by atoms with Gasteiger partial charge in [-0.05, 0) is 39.0 Å². The van der Waals surface area contributed by atoms with E-state index in [1.165, 1.54) is 15.3 Å². The summed E-state index contributed by atoms with van der Waals surface area (Å²) >= 11 is 0. The van der Waals surface area contributed by atoms with Crippen LogP contribution in [-0.4, -0.2) is 87.4 Å². The maximum Gasteiger partial charge on any atom is 0.317 e. The molecule has 184 valence electrons. The number of hydrogen-bond acceptors (Lipinski definition) is 6. The van der Waals surface area contributed by atoms with Gasteiger partial charge < -0.3 is 24.8 Å². The topological polar surface area (TPSA) is 108 Å². The molecule has 2 N–H and O–H groups in total. The number of likely N-dealkylation sites (N-methyl/N-ethyl adjacent to an activating group) is 1. The van der Waals surface area contributed by atoms with Gasteiger partial charge in [-0.3, -0.25) is 0 Å². The summed E-state index contributed by atoms with van der Waals surface area (Å²) in [5.41, 5.74) is 0.584. The number of fused-ring (bicyclic) bond motifs is 1. The SMILES string of the molecule is COCC#Cc1ccc2c(c1)O[C@H](CN(C)C(=O)NC(C)C)[C@H](C)CN([C@@H](C)CO)S2(=O)=O. The summed E-state index contributed by atoms with van der Waals surface area (Å²) in [5.74, 6) is 5.68. The average molecular weight is 482 g/mol. The lowest BCUT2D eigenvalue weighted by molar-refractivity contribution is 0.0809. The number of rotatable bonds is 6. The Morgan fingerprint density at radius 2 is 2.09 bits per heavy atom. The maximum absolute atomic E-state index is 13.5. The van der Waals surface area contributed by atoms with Crippen molar-refractivity contribution in [2.24, 2.45) is 5.92 Å². The van der Waals surface area contributed by atoms with Gasteiger partial charge in [-0.15, -0.1) is 0 Å². The minimum absolute atomic E-state index is 0.00581. The Morgan fingerprint density at radius 1 is 1.39 bits per heavy atom. The normalized spacial score (nSPS) is 21.0. The number of sulfonamides is 1. The maximum atomic E-state index is 13.5. The third-order valence-corrected chi connectivity index (χ3v) is 7.35. The second-order valence-corrected chi connectivity index (χ2v) is 10.5. The molecule has 1 aromatic rings. The fraction of sp³-hybridized carbons (Fsp3) is 0.609. The monoisotopic (exact) mass is 481 g/mol. The highest BCUT2D eigenvalue weighted by Crippen LogP contribution is 2.34. The van der Waals surface area contributed by atoms with E-state index in [0.29, 0.717) is 5.56 Å². The van der Waals surface area contributed by atoms with Gasteiger partial charge in [0.25, 0.3) is 0 Å². The molecule has 0 bridgehead atoms. The molecule has 0 spiro atoms. The summed E-state index contributed by atoms with van der Waals surface area (Å²) in [5, 5.41) is 12.6. The van der Waals surface area contributed by atoms with E-state index in [-0.39, 0.29) is 54.9 Å². The number of methoxy groups -OCH3 is 1. The second-order valence-electron chi connectivity index (χ2n) is 8.62. The molecular weight excluding hydrogens is 446 g/mol. The van der Waals surface area contributed by atoms with E-state index in [1.54, 1.807) is 33.2 Å². The summed E-state index contributed by atoms with van der Waals surface area (Å²) < 4.78 is 39.4. The Labute approximate surface area is 197 Å². The van der Waals surface area contributed by atoms with Crippen LogP contribution in [0.15, 0.2) is 23.1 Å². The largest absolute Gasteiger partial charge is 0.487 e. The first-order valence-electron chi connectivity index (χ1n) is 10.9. The summed E-state index contributed by atoms with van der Waals surface area (Å²) in [6.45, 7) is 7.61. The third kappa shape index (κ3) is 6.84. The molecule has 2 rings (SSSR count). The average Bonchev–Trinajstić information content (AvgIpc) is 2.75. The Bertz CT molecular complexity index is 986. The number of nitrogens with zero attached hydrogens (tertiary/aromatic N) is 2. The number of aliphatic hydroxyl groups is 1. The lowest BCUT2D eigenvalue weighted by atomic mass is 10.0. The molecule has 0 radical (unpaired) electrons. The Hall–Kier alpha value is -2.32.